The second kappa shape index (κ2) is 38.9. The SMILES string of the molecule is CC[C@H](C)[C@H](N)C(=O)N[C@@H](CC(N)=O)C(=O)N[C@@H](CC(C)C)C(=O)N[C@@H](CC(=O)O)C(=O)N[C@@H](CO)C(=O)N[C@@H](C)C(=O)N[C@@H](CC(=O)O)C(=O)NCC(=O)N[C@@H](CCSC)C(=O)N1CCC[C@H]1C(=O)N[C@H](C(=O)N[C@@H](C)C(=O)N[C@@H](CO)C(=O)O)C(C)C. The Balaban J connectivity index is 3.16. The Kier molecular flexibility index (Phi) is 34.4. The van der Waals surface area contributed by atoms with Gasteiger partial charge in [0.25, 0.3) is 0 Å². The molecule has 1 rings (SSSR count). The first-order valence-corrected chi connectivity index (χ1v) is 29.9. The number of nitrogens with one attached hydrogen (secondary N) is 11. The van der Waals surface area contributed by atoms with Gasteiger partial charge in [0.2, 0.25) is 76.8 Å². The number of likely N-dealkylation sites (tertiary alicyclic amines) is 1. The van der Waals surface area contributed by atoms with Gasteiger partial charge in [-0.05, 0) is 69.3 Å². The number of nitrogens with zero attached hydrogens (tertiary/aromatic N) is 1. The highest BCUT2D eigenvalue weighted by Gasteiger charge is 2.41. The average molecular weight is 1290 g/mol. The Morgan fingerprint density at radius 1 is 0.551 bits per heavy atom. The maximum Gasteiger partial charge on any atom is 0.328 e. The van der Waals surface area contributed by atoms with Gasteiger partial charge in [-0.15, -0.1) is 0 Å². The van der Waals surface area contributed by atoms with Crippen LogP contribution in [0.3, 0.4) is 0 Å². The van der Waals surface area contributed by atoms with Crippen LogP contribution in [-0.2, 0) is 76.7 Å². The third-order valence-corrected chi connectivity index (χ3v) is 14.5. The minimum atomic E-state index is -2.00. The summed E-state index contributed by atoms with van der Waals surface area (Å²) in [6.07, 6.45) is -0.369. The molecule has 0 aromatic rings. The van der Waals surface area contributed by atoms with E-state index in [0.29, 0.717) is 18.6 Å². The quantitative estimate of drug-likeness (QED) is 0.0271. The summed E-state index contributed by atoms with van der Waals surface area (Å²) in [5.74, 6) is -19.0. The minimum absolute atomic E-state index is 0.0174. The van der Waals surface area contributed by atoms with Gasteiger partial charge in [-0.1, -0.05) is 48.0 Å². The number of aliphatic carboxylic acids is 3. The summed E-state index contributed by atoms with van der Waals surface area (Å²) in [6.45, 7) is 9.26. The fourth-order valence-electron chi connectivity index (χ4n) is 8.52. The van der Waals surface area contributed by atoms with E-state index < -0.39 is 212 Å². The molecule has 13 amide bonds. The normalized spacial score (nSPS) is 16.9. The first-order chi connectivity index (χ1) is 41.5. The van der Waals surface area contributed by atoms with Gasteiger partial charge in [-0.2, -0.15) is 11.8 Å². The van der Waals surface area contributed by atoms with Gasteiger partial charge in [0.15, 0.2) is 0 Å². The minimum Gasteiger partial charge on any atom is -0.481 e. The molecular formula is C53H88N14O21S. The predicted octanol–water partition coefficient (Wildman–Crippen LogP) is -7.30. The number of thioether (sulfide) groups is 1. The number of carbonyl (C=O) groups excluding carboxylic acids is 13. The molecule has 1 heterocycles. The number of carboxylic acid groups (broad SMARTS) is 3. The van der Waals surface area contributed by atoms with E-state index in [2.05, 4.69) is 58.5 Å². The Bertz CT molecular complexity index is 2560. The highest BCUT2D eigenvalue weighted by molar-refractivity contribution is 7.98. The zero-order valence-electron chi connectivity index (χ0n) is 51.1. The highest BCUT2D eigenvalue weighted by atomic mass is 32.2. The van der Waals surface area contributed by atoms with E-state index in [1.54, 1.807) is 47.8 Å². The standard InChI is InChI=1S/C53H88N14O21S/c1-10-25(6)40(55)50(84)63-30(17-36(54)70)46(80)61-29(16-23(2)3)45(79)62-32(19-39(74)75)47(81)64-33(21-68)48(82)57-26(7)42(76)60-31(18-38(72)73)44(78)56-20-37(71)59-28(13-15-89-9)52(86)67-14-11-12-35(67)49(83)66-41(24(4)5)51(85)58-27(8)43(77)65-34(22-69)53(87)88/h23-35,40-41,68-69H,10-22,55H2,1-9H3,(H2,54,70)(H,56,78)(H,57,82)(H,58,85)(H,59,71)(H,60,76)(H,61,80)(H,62,79)(H,63,84)(H,64,81)(H,65,77)(H,66,83)(H,72,73)(H,74,75)(H,87,88)/t25-,26-,27-,28-,29-,30-,31-,32-,33-,34-,35-,40-,41-/m0/s1. The zero-order valence-corrected chi connectivity index (χ0v) is 51.9. The lowest BCUT2D eigenvalue weighted by Gasteiger charge is -2.31. The van der Waals surface area contributed by atoms with Gasteiger partial charge in [0, 0.05) is 6.54 Å². The molecule has 0 unspecified atom stereocenters. The van der Waals surface area contributed by atoms with E-state index in [0.717, 1.165) is 6.92 Å². The van der Waals surface area contributed by atoms with E-state index in [9.17, 15) is 97.1 Å². The topological polar surface area (TPSA) is 562 Å². The first-order valence-electron chi connectivity index (χ1n) is 28.6. The van der Waals surface area contributed by atoms with Crippen LogP contribution in [0.1, 0.15) is 107 Å². The summed E-state index contributed by atoms with van der Waals surface area (Å²) in [5, 5.41) is 72.7. The monoisotopic (exact) mass is 1290 g/mol. The molecule has 502 valence electrons. The predicted molar refractivity (Wildman–Crippen MR) is 313 cm³/mol. The summed E-state index contributed by atoms with van der Waals surface area (Å²) in [6, 6.07) is -18.4. The van der Waals surface area contributed by atoms with Crippen LogP contribution in [0.4, 0.5) is 0 Å². The van der Waals surface area contributed by atoms with E-state index in [-0.39, 0.29) is 37.6 Å². The van der Waals surface area contributed by atoms with Gasteiger partial charge >= 0.3 is 17.9 Å². The Morgan fingerprint density at radius 3 is 1.49 bits per heavy atom. The van der Waals surface area contributed by atoms with Crippen LogP contribution in [0.2, 0.25) is 0 Å². The largest absolute Gasteiger partial charge is 0.481 e. The molecule has 1 fully saturated rings. The first kappa shape index (κ1) is 78.8. The number of rotatable bonds is 40. The number of primary amides is 1. The molecule has 0 saturated carbocycles. The lowest BCUT2D eigenvalue weighted by Crippen LogP contribution is -2.61. The maximum absolute atomic E-state index is 14.1. The lowest BCUT2D eigenvalue weighted by molar-refractivity contribution is -0.143. The third kappa shape index (κ3) is 27.4. The van der Waals surface area contributed by atoms with Crippen LogP contribution >= 0.6 is 11.8 Å². The van der Waals surface area contributed by atoms with Crippen LogP contribution in [0, 0.1) is 17.8 Å². The lowest BCUT2D eigenvalue weighted by atomic mass is 9.98. The summed E-state index contributed by atoms with van der Waals surface area (Å²) in [5.41, 5.74) is 11.3. The van der Waals surface area contributed by atoms with Crippen molar-refractivity contribution in [1.29, 1.82) is 0 Å². The fourth-order valence-corrected chi connectivity index (χ4v) is 8.99. The molecule has 0 aromatic carbocycles. The molecule has 0 spiro atoms. The van der Waals surface area contributed by atoms with E-state index in [1.165, 1.54) is 23.6 Å². The highest BCUT2D eigenvalue weighted by Crippen LogP contribution is 2.21. The van der Waals surface area contributed by atoms with Crippen molar-refractivity contribution in [3.05, 3.63) is 0 Å². The third-order valence-electron chi connectivity index (χ3n) is 13.8. The fraction of sp³-hybridized carbons (Fsp3) is 0.698. The Hall–Kier alpha value is -8.25. The summed E-state index contributed by atoms with van der Waals surface area (Å²) >= 11 is 1.31. The number of aliphatic hydroxyl groups excluding tert-OH is 2. The average Bonchev–Trinajstić information content (AvgIpc) is 3.76. The molecule has 20 N–H and O–H groups in total. The number of amides is 13. The molecule has 35 nitrogen and oxygen atoms in total. The molecule has 0 bridgehead atoms. The molecule has 0 aliphatic carbocycles. The van der Waals surface area contributed by atoms with E-state index in [4.69, 9.17) is 16.6 Å². The maximum atomic E-state index is 14.1. The molecule has 36 heteroatoms. The van der Waals surface area contributed by atoms with Crippen molar-refractivity contribution in [3.63, 3.8) is 0 Å². The number of nitrogens with two attached hydrogens (primary N) is 2. The second-order valence-electron chi connectivity index (χ2n) is 22.0. The molecule has 1 saturated heterocycles. The summed E-state index contributed by atoms with van der Waals surface area (Å²) in [4.78, 5) is 209. The number of aliphatic hydroxyl groups is 2. The van der Waals surface area contributed by atoms with E-state index >= 15 is 0 Å². The number of carbonyl (C=O) groups is 16. The summed E-state index contributed by atoms with van der Waals surface area (Å²) in [7, 11) is 0. The molecule has 1 aliphatic heterocycles. The van der Waals surface area contributed by atoms with Crippen LogP contribution in [-0.4, -0.2) is 236 Å². The van der Waals surface area contributed by atoms with Crippen molar-refractivity contribution in [2.45, 2.75) is 179 Å². The molecule has 0 radical (unpaired) electrons. The van der Waals surface area contributed by atoms with Crippen LogP contribution in [0.25, 0.3) is 0 Å². The van der Waals surface area contributed by atoms with Gasteiger partial charge in [-0.25, -0.2) is 4.79 Å². The van der Waals surface area contributed by atoms with Gasteiger partial charge in [0.05, 0.1) is 45.1 Å². The number of hydrogen-bond donors (Lipinski definition) is 18. The van der Waals surface area contributed by atoms with Crippen molar-refractivity contribution in [2.24, 2.45) is 29.2 Å². The van der Waals surface area contributed by atoms with Crippen molar-refractivity contribution in [3.8, 4) is 0 Å². The Labute approximate surface area is 517 Å². The number of hydrogen-bond acceptors (Lipinski definition) is 20. The van der Waals surface area contributed by atoms with Crippen molar-refractivity contribution in [2.75, 3.05) is 38.3 Å². The molecule has 0 aromatic heterocycles. The molecule has 1 aliphatic rings. The van der Waals surface area contributed by atoms with Crippen molar-refractivity contribution in [1.82, 2.24) is 63.4 Å². The number of carboxylic acids is 3. The smallest absolute Gasteiger partial charge is 0.328 e. The van der Waals surface area contributed by atoms with E-state index in [1.807, 2.05) is 0 Å². The van der Waals surface area contributed by atoms with Gasteiger partial charge in [-0.3, -0.25) is 71.9 Å². The second-order valence-corrected chi connectivity index (χ2v) is 23.0. The van der Waals surface area contributed by atoms with Gasteiger partial charge in [0.1, 0.15) is 66.5 Å². The van der Waals surface area contributed by atoms with Gasteiger partial charge < -0.3 is 100 Å². The van der Waals surface area contributed by atoms with Crippen molar-refractivity contribution < 1.29 is 102 Å². The summed E-state index contributed by atoms with van der Waals surface area (Å²) < 4.78 is 0. The van der Waals surface area contributed by atoms with Crippen LogP contribution in [0.5, 0.6) is 0 Å². The molecule has 89 heavy (non-hydrogen) atoms. The molecule has 13 atom stereocenters. The molecular weight excluding hydrogens is 1200 g/mol. The van der Waals surface area contributed by atoms with Crippen LogP contribution < -0.4 is 70.0 Å². The zero-order chi connectivity index (χ0) is 68.2. The van der Waals surface area contributed by atoms with Crippen molar-refractivity contribution >= 4 is 106 Å². The Morgan fingerprint density at radius 2 is 1.01 bits per heavy atom. The van der Waals surface area contributed by atoms with Crippen LogP contribution in [0.15, 0.2) is 0 Å².